The predicted molar refractivity (Wildman–Crippen MR) is 93.7 cm³/mol. The maximum atomic E-state index is 12.1. The molecule has 1 aromatic rings. The number of amides is 1. The Hall–Kier alpha value is -0.980. The first-order valence-corrected chi connectivity index (χ1v) is 9.64. The second kappa shape index (κ2) is 10.0. The van der Waals surface area contributed by atoms with Gasteiger partial charge in [-0.25, -0.2) is 4.98 Å². The van der Waals surface area contributed by atoms with Crippen molar-refractivity contribution in [2.45, 2.75) is 45.6 Å². The number of morpholine rings is 1. The molecule has 1 unspecified atom stereocenters. The normalized spacial score (nSPS) is 17.3. The molecule has 0 saturated carbocycles. The number of nitrogens with one attached hydrogen (secondary N) is 1. The van der Waals surface area contributed by atoms with Gasteiger partial charge < -0.3 is 10.1 Å². The number of hydrogen-bond acceptors (Lipinski definition) is 5. The van der Waals surface area contributed by atoms with E-state index >= 15 is 0 Å². The van der Waals surface area contributed by atoms with E-state index in [4.69, 9.17) is 4.74 Å². The molecule has 1 aliphatic heterocycles. The van der Waals surface area contributed by atoms with Crippen LogP contribution in [0.15, 0.2) is 10.9 Å². The van der Waals surface area contributed by atoms with Crippen LogP contribution in [0.2, 0.25) is 0 Å². The van der Waals surface area contributed by atoms with Crippen LogP contribution in [0, 0.1) is 5.92 Å². The average Bonchev–Trinajstić information content (AvgIpc) is 3.11. The fraction of sp³-hybridized carbons (Fsp3) is 0.765. The van der Waals surface area contributed by atoms with E-state index in [2.05, 4.69) is 29.0 Å². The Morgan fingerprint density at radius 1 is 1.39 bits per heavy atom. The van der Waals surface area contributed by atoms with Gasteiger partial charge in [-0.3, -0.25) is 9.69 Å². The largest absolute Gasteiger partial charge is 0.379 e. The van der Waals surface area contributed by atoms with E-state index in [1.165, 1.54) is 0 Å². The summed E-state index contributed by atoms with van der Waals surface area (Å²) < 4.78 is 5.47. The van der Waals surface area contributed by atoms with Gasteiger partial charge in [-0.15, -0.1) is 11.3 Å². The maximum absolute atomic E-state index is 12.1. The van der Waals surface area contributed by atoms with Gasteiger partial charge in [0.2, 0.25) is 5.91 Å². The van der Waals surface area contributed by atoms with Crippen molar-refractivity contribution >= 4 is 17.2 Å². The number of ether oxygens (including phenoxy) is 1. The highest BCUT2D eigenvalue weighted by molar-refractivity contribution is 7.07. The molecule has 1 aliphatic rings. The van der Waals surface area contributed by atoms with Crippen LogP contribution in [0.1, 0.15) is 38.8 Å². The number of carbonyl (C=O) groups is 1. The smallest absolute Gasteiger partial charge is 0.220 e. The van der Waals surface area contributed by atoms with Crippen LogP contribution in [0.5, 0.6) is 0 Å². The molecule has 1 saturated heterocycles. The highest BCUT2D eigenvalue weighted by Gasteiger charge is 2.27. The molecule has 130 valence electrons. The molecule has 5 nitrogen and oxygen atoms in total. The Morgan fingerprint density at radius 2 is 2.13 bits per heavy atom. The zero-order chi connectivity index (χ0) is 16.5. The molecule has 1 N–H and O–H groups in total. The molecule has 0 radical (unpaired) electrons. The third-order valence-electron chi connectivity index (χ3n) is 4.71. The van der Waals surface area contributed by atoms with Crippen molar-refractivity contribution in [3.63, 3.8) is 0 Å². The lowest BCUT2D eigenvalue weighted by atomic mass is 9.92. The van der Waals surface area contributed by atoms with E-state index in [1.54, 1.807) is 11.3 Å². The Labute approximate surface area is 143 Å². The summed E-state index contributed by atoms with van der Waals surface area (Å²) in [6, 6.07) is 0.414. The van der Waals surface area contributed by atoms with Crippen molar-refractivity contribution in [2.24, 2.45) is 5.92 Å². The fourth-order valence-electron chi connectivity index (χ4n) is 3.25. The highest BCUT2D eigenvalue weighted by Crippen LogP contribution is 2.19. The van der Waals surface area contributed by atoms with Gasteiger partial charge in [-0.2, -0.15) is 0 Å². The molecule has 1 atom stereocenters. The van der Waals surface area contributed by atoms with E-state index in [0.29, 0.717) is 18.4 Å². The lowest BCUT2D eigenvalue weighted by molar-refractivity contribution is -0.121. The Morgan fingerprint density at radius 3 is 2.74 bits per heavy atom. The van der Waals surface area contributed by atoms with Crippen LogP contribution in [0.25, 0.3) is 0 Å². The van der Waals surface area contributed by atoms with Gasteiger partial charge in [0.15, 0.2) is 0 Å². The summed E-state index contributed by atoms with van der Waals surface area (Å²) in [5, 5.41) is 5.15. The number of aromatic nitrogens is 1. The summed E-state index contributed by atoms with van der Waals surface area (Å²) in [5.74, 6) is 0.745. The second-order valence-electron chi connectivity index (χ2n) is 6.08. The van der Waals surface area contributed by atoms with E-state index in [1.807, 2.05) is 10.9 Å². The van der Waals surface area contributed by atoms with Crippen LogP contribution in [-0.2, 0) is 16.0 Å². The monoisotopic (exact) mass is 339 g/mol. The number of rotatable bonds is 9. The van der Waals surface area contributed by atoms with Gasteiger partial charge in [0, 0.05) is 37.5 Å². The van der Waals surface area contributed by atoms with Crippen molar-refractivity contribution < 1.29 is 9.53 Å². The van der Waals surface area contributed by atoms with E-state index in [-0.39, 0.29) is 5.91 Å². The van der Waals surface area contributed by atoms with Crippen LogP contribution >= 0.6 is 11.3 Å². The zero-order valence-corrected chi connectivity index (χ0v) is 15.1. The Bertz CT molecular complexity index is 443. The SMILES string of the molecule is CCC(CC)C(CNC(=O)CCc1cscn1)N1CCOCC1. The first kappa shape index (κ1) is 18.4. The molecule has 2 heterocycles. The molecule has 2 rings (SSSR count). The van der Waals surface area contributed by atoms with Crippen molar-refractivity contribution in [1.29, 1.82) is 0 Å². The van der Waals surface area contributed by atoms with E-state index in [9.17, 15) is 4.79 Å². The summed E-state index contributed by atoms with van der Waals surface area (Å²) in [7, 11) is 0. The Balaban J connectivity index is 1.82. The summed E-state index contributed by atoms with van der Waals surface area (Å²) in [6.45, 7) is 8.76. The van der Waals surface area contributed by atoms with Crippen molar-refractivity contribution in [3.8, 4) is 0 Å². The molecule has 0 spiro atoms. The zero-order valence-electron chi connectivity index (χ0n) is 14.3. The van der Waals surface area contributed by atoms with Crippen LogP contribution in [0.4, 0.5) is 0 Å². The van der Waals surface area contributed by atoms with E-state index in [0.717, 1.165) is 57.8 Å². The number of aryl methyl sites for hydroxylation is 1. The van der Waals surface area contributed by atoms with Crippen molar-refractivity contribution in [3.05, 3.63) is 16.6 Å². The first-order chi connectivity index (χ1) is 11.2. The topological polar surface area (TPSA) is 54.5 Å². The maximum Gasteiger partial charge on any atom is 0.220 e. The van der Waals surface area contributed by atoms with Gasteiger partial charge in [0.05, 0.1) is 24.4 Å². The minimum absolute atomic E-state index is 0.127. The van der Waals surface area contributed by atoms with Gasteiger partial charge in [-0.1, -0.05) is 26.7 Å². The van der Waals surface area contributed by atoms with Crippen LogP contribution in [0.3, 0.4) is 0 Å². The second-order valence-corrected chi connectivity index (χ2v) is 6.79. The van der Waals surface area contributed by atoms with Gasteiger partial charge in [0.25, 0.3) is 0 Å². The molecule has 0 bridgehead atoms. The lowest BCUT2D eigenvalue weighted by Crippen LogP contribution is -2.52. The van der Waals surface area contributed by atoms with Gasteiger partial charge in [0.1, 0.15) is 0 Å². The number of nitrogens with zero attached hydrogens (tertiary/aromatic N) is 2. The van der Waals surface area contributed by atoms with Crippen molar-refractivity contribution in [1.82, 2.24) is 15.2 Å². The summed E-state index contributed by atoms with van der Waals surface area (Å²) in [5.41, 5.74) is 2.82. The third-order valence-corrected chi connectivity index (χ3v) is 5.34. The summed E-state index contributed by atoms with van der Waals surface area (Å²) in [6.07, 6.45) is 3.53. The molecule has 0 aliphatic carbocycles. The van der Waals surface area contributed by atoms with Crippen LogP contribution < -0.4 is 5.32 Å². The van der Waals surface area contributed by atoms with Gasteiger partial charge in [-0.05, 0) is 12.3 Å². The summed E-state index contributed by atoms with van der Waals surface area (Å²) in [4.78, 5) is 18.9. The summed E-state index contributed by atoms with van der Waals surface area (Å²) >= 11 is 1.58. The molecule has 23 heavy (non-hydrogen) atoms. The fourth-order valence-corrected chi connectivity index (χ4v) is 3.84. The Kier molecular flexibility index (Phi) is 7.99. The predicted octanol–water partition coefficient (Wildman–Crippen LogP) is 2.33. The standard InChI is InChI=1S/C17H29N3O2S/c1-3-14(4-2)16(20-7-9-22-10-8-20)11-18-17(21)6-5-15-12-23-13-19-15/h12-14,16H,3-11H2,1-2H3,(H,18,21). The minimum atomic E-state index is 0.127. The third kappa shape index (κ3) is 5.86. The molecular weight excluding hydrogens is 310 g/mol. The minimum Gasteiger partial charge on any atom is -0.379 e. The lowest BCUT2D eigenvalue weighted by Gasteiger charge is -2.38. The molecule has 1 aromatic heterocycles. The quantitative estimate of drug-likeness (QED) is 0.750. The number of thiazole rings is 1. The van der Waals surface area contributed by atoms with Gasteiger partial charge >= 0.3 is 0 Å². The molecule has 1 fully saturated rings. The first-order valence-electron chi connectivity index (χ1n) is 8.70. The molecule has 1 amide bonds. The number of hydrogen-bond donors (Lipinski definition) is 1. The molecule has 0 aromatic carbocycles. The highest BCUT2D eigenvalue weighted by atomic mass is 32.1. The number of carbonyl (C=O) groups excluding carboxylic acids is 1. The average molecular weight is 340 g/mol. The van der Waals surface area contributed by atoms with E-state index < -0.39 is 0 Å². The van der Waals surface area contributed by atoms with Crippen LogP contribution in [-0.4, -0.2) is 54.7 Å². The molecular formula is C17H29N3O2S. The molecule has 6 heteroatoms. The van der Waals surface area contributed by atoms with Crippen molar-refractivity contribution in [2.75, 3.05) is 32.8 Å².